The third kappa shape index (κ3) is 0.287. The second-order valence-corrected chi connectivity index (χ2v) is 4.00. The standard InChI is InChI=1S/C9H12O/c1-2-7(10)9-5-3-4-6(9)8(5)9/h2,5-8,10H,1,3-4H2/t5-,6+,7?,8?,9?. The van der Waals surface area contributed by atoms with E-state index in [1.807, 2.05) is 0 Å². The Balaban J connectivity index is 1.91. The number of aliphatic hydroxyl groups is 1. The first-order chi connectivity index (χ1) is 4.83. The predicted molar refractivity (Wildman–Crippen MR) is 38.3 cm³/mol. The lowest BCUT2D eigenvalue weighted by Gasteiger charge is -2.11. The lowest BCUT2D eigenvalue weighted by atomic mass is 10.00. The van der Waals surface area contributed by atoms with Crippen molar-refractivity contribution < 1.29 is 5.11 Å². The van der Waals surface area contributed by atoms with Gasteiger partial charge >= 0.3 is 0 Å². The average Bonchev–Trinajstić information content (AvgIpc) is 2.65. The smallest absolute Gasteiger partial charge is 0.0782 e. The molecule has 4 rings (SSSR count). The number of aliphatic hydroxyl groups excluding tert-OH is 1. The summed E-state index contributed by atoms with van der Waals surface area (Å²) in [6, 6.07) is 0. The third-order valence-electron chi connectivity index (χ3n) is 4.03. The predicted octanol–water partition coefficient (Wildman–Crippen LogP) is 1.19. The maximum atomic E-state index is 9.56. The van der Waals surface area contributed by atoms with E-state index in [0.717, 1.165) is 17.8 Å². The SMILES string of the molecule is C=CC(O)C12C3[C@H]1CC[C@@H]32. The van der Waals surface area contributed by atoms with Crippen molar-refractivity contribution in [2.24, 2.45) is 23.2 Å². The fourth-order valence-corrected chi connectivity index (χ4v) is 3.57. The van der Waals surface area contributed by atoms with Gasteiger partial charge in [0.15, 0.2) is 0 Å². The van der Waals surface area contributed by atoms with Crippen LogP contribution >= 0.6 is 0 Å². The zero-order valence-corrected chi connectivity index (χ0v) is 5.96. The number of hydrogen-bond acceptors (Lipinski definition) is 1. The lowest BCUT2D eigenvalue weighted by Crippen LogP contribution is -2.15. The van der Waals surface area contributed by atoms with Crippen molar-refractivity contribution in [3.8, 4) is 0 Å². The number of fused-ring (bicyclic) bond motifs is 1. The Bertz CT molecular complexity index is 187. The van der Waals surface area contributed by atoms with E-state index in [4.69, 9.17) is 0 Å². The van der Waals surface area contributed by atoms with E-state index in [9.17, 15) is 5.11 Å². The molecule has 4 aliphatic rings. The van der Waals surface area contributed by atoms with Gasteiger partial charge in [-0.15, -0.1) is 6.58 Å². The van der Waals surface area contributed by atoms with Crippen LogP contribution in [0.25, 0.3) is 0 Å². The zero-order chi connectivity index (χ0) is 6.93. The number of hydrogen-bond donors (Lipinski definition) is 1. The first-order valence-corrected chi connectivity index (χ1v) is 4.14. The average molecular weight is 136 g/mol. The van der Waals surface area contributed by atoms with Gasteiger partial charge in [0, 0.05) is 5.41 Å². The van der Waals surface area contributed by atoms with Gasteiger partial charge in [-0.3, -0.25) is 0 Å². The maximum Gasteiger partial charge on any atom is 0.0782 e. The molecular weight excluding hydrogens is 124 g/mol. The highest BCUT2D eigenvalue weighted by molar-refractivity contribution is 5.39. The molecule has 54 valence electrons. The van der Waals surface area contributed by atoms with E-state index >= 15 is 0 Å². The Labute approximate surface area is 60.7 Å². The Morgan fingerprint density at radius 3 is 2.50 bits per heavy atom. The molecule has 0 radical (unpaired) electrons. The van der Waals surface area contributed by atoms with E-state index in [0.29, 0.717) is 5.41 Å². The van der Waals surface area contributed by atoms with Gasteiger partial charge in [-0.05, 0) is 30.6 Å². The molecule has 3 unspecified atom stereocenters. The monoisotopic (exact) mass is 136 g/mol. The van der Waals surface area contributed by atoms with E-state index < -0.39 is 0 Å². The fraction of sp³-hybridized carbons (Fsp3) is 0.778. The summed E-state index contributed by atoms with van der Waals surface area (Å²) in [5.74, 6) is 2.71. The zero-order valence-electron chi connectivity index (χ0n) is 5.96. The summed E-state index contributed by atoms with van der Waals surface area (Å²) < 4.78 is 0. The molecule has 2 bridgehead atoms. The molecule has 0 spiro atoms. The van der Waals surface area contributed by atoms with Crippen molar-refractivity contribution in [2.75, 3.05) is 0 Å². The van der Waals surface area contributed by atoms with Crippen molar-refractivity contribution in [1.29, 1.82) is 0 Å². The van der Waals surface area contributed by atoms with Gasteiger partial charge in [-0.1, -0.05) is 6.08 Å². The van der Waals surface area contributed by atoms with Crippen molar-refractivity contribution in [2.45, 2.75) is 18.9 Å². The minimum absolute atomic E-state index is 0.185. The number of rotatable bonds is 2. The summed E-state index contributed by atoms with van der Waals surface area (Å²) >= 11 is 0. The van der Waals surface area contributed by atoms with Crippen LogP contribution in [0, 0.1) is 23.2 Å². The normalized spacial score (nSPS) is 63.1. The second kappa shape index (κ2) is 1.20. The van der Waals surface area contributed by atoms with Gasteiger partial charge < -0.3 is 5.11 Å². The summed E-state index contributed by atoms with van der Waals surface area (Å²) in [6.45, 7) is 3.64. The molecule has 0 heterocycles. The topological polar surface area (TPSA) is 20.2 Å². The highest BCUT2D eigenvalue weighted by Crippen LogP contribution is 2.92. The van der Waals surface area contributed by atoms with Gasteiger partial charge in [-0.2, -0.15) is 0 Å². The summed E-state index contributed by atoms with van der Waals surface area (Å²) in [4.78, 5) is 0. The van der Waals surface area contributed by atoms with Crippen LogP contribution in [-0.4, -0.2) is 11.2 Å². The highest BCUT2D eigenvalue weighted by Gasteiger charge is 2.90. The molecular formula is C9H12O. The van der Waals surface area contributed by atoms with Gasteiger partial charge in [0.1, 0.15) is 0 Å². The van der Waals surface area contributed by atoms with E-state index in [-0.39, 0.29) is 6.10 Å². The van der Waals surface area contributed by atoms with Crippen molar-refractivity contribution in [1.82, 2.24) is 0 Å². The van der Waals surface area contributed by atoms with Crippen molar-refractivity contribution >= 4 is 0 Å². The van der Waals surface area contributed by atoms with Crippen LogP contribution in [-0.2, 0) is 0 Å². The molecule has 0 aliphatic heterocycles. The van der Waals surface area contributed by atoms with Gasteiger partial charge in [0.25, 0.3) is 0 Å². The quantitative estimate of drug-likeness (QED) is 0.565. The maximum absolute atomic E-state index is 9.56. The fourth-order valence-electron chi connectivity index (χ4n) is 3.57. The Morgan fingerprint density at radius 1 is 1.50 bits per heavy atom. The minimum Gasteiger partial charge on any atom is -0.388 e. The molecule has 5 atom stereocenters. The van der Waals surface area contributed by atoms with Crippen LogP contribution < -0.4 is 0 Å². The molecule has 1 heteroatoms. The highest BCUT2D eigenvalue weighted by atomic mass is 16.3. The van der Waals surface area contributed by atoms with Crippen molar-refractivity contribution in [3.05, 3.63) is 12.7 Å². The molecule has 1 nitrogen and oxygen atoms in total. The molecule has 10 heavy (non-hydrogen) atoms. The Morgan fingerprint density at radius 2 is 2.10 bits per heavy atom. The van der Waals surface area contributed by atoms with Gasteiger partial charge in [-0.25, -0.2) is 0 Å². The molecule has 4 aliphatic carbocycles. The van der Waals surface area contributed by atoms with E-state index in [1.165, 1.54) is 12.8 Å². The molecule has 4 saturated carbocycles. The second-order valence-electron chi connectivity index (χ2n) is 4.00. The summed E-state index contributed by atoms with van der Waals surface area (Å²) in [7, 11) is 0. The summed E-state index contributed by atoms with van der Waals surface area (Å²) in [5, 5.41) is 9.56. The largest absolute Gasteiger partial charge is 0.388 e. The lowest BCUT2D eigenvalue weighted by molar-refractivity contribution is 0.151. The Hall–Kier alpha value is -0.300. The van der Waals surface area contributed by atoms with Crippen LogP contribution in [0.5, 0.6) is 0 Å². The molecule has 0 aromatic heterocycles. The van der Waals surface area contributed by atoms with Crippen LogP contribution in [0.2, 0.25) is 0 Å². The molecule has 4 fully saturated rings. The van der Waals surface area contributed by atoms with Crippen LogP contribution in [0.4, 0.5) is 0 Å². The minimum atomic E-state index is -0.185. The molecule has 0 aromatic rings. The van der Waals surface area contributed by atoms with Crippen LogP contribution in [0.3, 0.4) is 0 Å². The van der Waals surface area contributed by atoms with Crippen molar-refractivity contribution in [3.63, 3.8) is 0 Å². The van der Waals surface area contributed by atoms with Gasteiger partial charge in [0.2, 0.25) is 0 Å². The molecule has 1 N–H and O–H groups in total. The summed E-state index contributed by atoms with van der Waals surface area (Å²) in [6.07, 6.45) is 4.29. The van der Waals surface area contributed by atoms with E-state index in [2.05, 4.69) is 6.58 Å². The van der Waals surface area contributed by atoms with Crippen LogP contribution in [0.15, 0.2) is 12.7 Å². The van der Waals surface area contributed by atoms with E-state index in [1.54, 1.807) is 6.08 Å². The Kier molecular flexibility index (Phi) is 0.646. The first kappa shape index (κ1) is 5.36. The van der Waals surface area contributed by atoms with Gasteiger partial charge in [0.05, 0.1) is 6.10 Å². The molecule has 0 amide bonds. The third-order valence-corrected chi connectivity index (χ3v) is 4.03. The molecule has 0 aromatic carbocycles. The summed E-state index contributed by atoms with van der Waals surface area (Å²) in [5.41, 5.74) is 0.391. The van der Waals surface area contributed by atoms with Crippen LogP contribution in [0.1, 0.15) is 12.8 Å². The first-order valence-electron chi connectivity index (χ1n) is 4.14. The molecule has 0 saturated heterocycles.